The summed E-state index contributed by atoms with van der Waals surface area (Å²) in [5.41, 5.74) is 2.56. The fourth-order valence-corrected chi connectivity index (χ4v) is 5.10. The number of benzene rings is 2. The number of hydrogen-bond acceptors (Lipinski definition) is 4. The van der Waals surface area contributed by atoms with Crippen LogP contribution in [-0.2, 0) is 4.79 Å². The zero-order valence-electron chi connectivity index (χ0n) is 18.5. The smallest absolute Gasteiger partial charge is 0.255 e. The number of nitrogens with one attached hydrogen (secondary N) is 1. The van der Waals surface area contributed by atoms with E-state index in [4.69, 9.17) is 5.26 Å². The molecule has 168 valence electrons. The third-order valence-corrected chi connectivity index (χ3v) is 6.94. The number of amides is 2. The number of likely N-dealkylation sites (tertiary alicyclic amines) is 1. The number of hydrogen-bond donors (Lipinski definition) is 1. The number of carbonyl (C=O) groups excluding carboxylic acids is 2. The van der Waals surface area contributed by atoms with E-state index in [2.05, 4.69) is 16.5 Å². The van der Waals surface area contributed by atoms with Crippen LogP contribution >= 0.6 is 0 Å². The Bertz CT molecular complexity index is 1230. The zero-order chi connectivity index (χ0) is 22.8. The van der Waals surface area contributed by atoms with Crippen molar-refractivity contribution in [2.45, 2.75) is 44.6 Å². The van der Waals surface area contributed by atoms with Crippen LogP contribution in [0.15, 0.2) is 48.7 Å². The second-order valence-electron chi connectivity index (χ2n) is 9.05. The molecule has 0 radical (unpaired) electrons. The summed E-state index contributed by atoms with van der Waals surface area (Å²) in [6, 6.07) is 14.7. The fourth-order valence-electron chi connectivity index (χ4n) is 5.10. The van der Waals surface area contributed by atoms with E-state index in [1.807, 2.05) is 34.0 Å². The van der Waals surface area contributed by atoms with Gasteiger partial charge in [0, 0.05) is 35.6 Å². The Morgan fingerprint density at radius 3 is 2.58 bits per heavy atom. The molecule has 0 spiro atoms. The van der Waals surface area contributed by atoms with Crippen LogP contribution in [0.5, 0.6) is 0 Å². The third kappa shape index (κ3) is 4.34. The maximum Gasteiger partial charge on any atom is 0.255 e. The third-order valence-electron chi connectivity index (χ3n) is 6.94. The minimum absolute atomic E-state index is 0.229. The van der Waals surface area contributed by atoms with Gasteiger partial charge in [0.15, 0.2) is 0 Å². The van der Waals surface area contributed by atoms with E-state index >= 15 is 0 Å². The molecule has 1 aromatic heterocycles. The Hall–Kier alpha value is -3.66. The number of anilines is 1. The maximum absolute atomic E-state index is 12.8. The summed E-state index contributed by atoms with van der Waals surface area (Å²) in [5.74, 6) is 0.310. The molecule has 0 atom stereocenters. The molecule has 1 aliphatic carbocycles. The second-order valence-corrected chi connectivity index (χ2v) is 9.05. The normalized spacial score (nSPS) is 17.2. The summed E-state index contributed by atoms with van der Waals surface area (Å²) >= 11 is 0. The molecule has 3 aromatic rings. The quantitative estimate of drug-likeness (QED) is 0.645. The predicted molar refractivity (Wildman–Crippen MR) is 126 cm³/mol. The Labute approximate surface area is 193 Å². The topological polar surface area (TPSA) is 91.0 Å². The number of nitriles is 1. The zero-order valence-corrected chi connectivity index (χ0v) is 18.5. The summed E-state index contributed by atoms with van der Waals surface area (Å²) in [5, 5.41) is 17.7. The number of carbonyl (C=O) groups is 2. The van der Waals surface area contributed by atoms with Crippen molar-refractivity contribution in [2.24, 2.45) is 5.92 Å². The van der Waals surface area contributed by atoms with Crippen molar-refractivity contribution in [3.05, 3.63) is 59.8 Å². The van der Waals surface area contributed by atoms with Gasteiger partial charge in [-0.2, -0.15) is 10.4 Å². The molecular weight excluding hydrogens is 414 g/mol. The molecule has 1 aliphatic heterocycles. The number of fused-ring (bicyclic) bond motifs is 1. The Balaban J connectivity index is 1.29. The van der Waals surface area contributed by atoms with Gasteiger partial charge in [-0.3, -0.25) is 14.3 Å². The number of aromatic nitrogens is 2. The van der Waals surface area contributed by atoms with E-state index in [1.165, 1.54) is 12.8 Å². The van der Waals surface area contributed by atoms with Crippen LogP contribution in [0.2, 0.25) is 0 Å². The van der Waals surface area contributed by atoms with Gasteiger partial charge in [-0.25, -0.2) is 0 Å². The van der Waals surface area contributed by atoms with Crippen molar-refractivity contribution in [2.75, 3.05) is 18.4 Å². The van der Waals surface area contributed by atoms with Crippen LogP contribution < -0.4 is 5.32 Å². The summed E-state index contributed by atoms with van der Waals surface area (Å²) in [6.45, 7) is 1.54. The van der Waals surface area contributed by atoms with Crippen molar-refractivity contribution in [3.8, 4) is 6.07 Å². The van der Waals surface area contributed by atoms with E-state index in [1.54, 1.807) is 24.3 Å². The standard InChI is InChI=1S/C26H27N5O2/c27-16-18-4-3-7-20(14-18)25(32)29-22-9-8-21-17-28-31(24(21)15-22)23-10-12-30(13-11-23)26(33)19-5-1-2-6-19/h3-4,7-9,14-15,17,19,23H,1-2,5-6,10-13H2,(H,29,32). The lowest BCUT2D eigenvalue weighted by Gasteiger charge is -2.34. The number of piperidine rings is 1. The van der Waals surface area contributed by atoms with Crippen molar-refractivity contribution in [3.63, 3.8) is 0 Å². The van der Waals surface area contributed by atoms with Gasteiger partial charge in [-0.15, -0.1) is 0 Å². The molecule has 2 aliphatic rings. The minimum Gasteiger partial charge on any atom is -0.342 e. The molecule has 1 N–H and O–H groups in total. The maximum atomic E-state index is 12.8. The monoisotopic (exact) mass is 441 g/mol. The van der Waals surface area contributed by atoms with Crippen molar-refractivity contribution >= 4 is 28.4 Å². The molecule has 33 heavy (non-hydrogen) atoms. The van der Waals surface area contributed by atoms with Crippen LogP contribution in [0, 0.1) is 17.2 Å². The molecule has 7 nitrogen and oxygen atoms in total. The second kappa shape index (κ2) is 9.07. The summed E-state index contributed by atoms with van der Waals surface area (Å²) in [4.78, 5) is 27.5. The SMILES string of the molecule is N#Cc1cccc(C(=O)Nc2ccc3cnn(C4CCN(C(=O)C5CCCC5)CC4)c3c2)c1. The first kappa shape index (κ1) is 21.2. The summed E-state index contributed by atoms with van der Waals surface area (Å²) in [7, 11) is 0. The Morgan fingerprint density at radius 2 is 1.82 bits per heavy atom. The Kier molecular flexibility index (Phi) is 5.82. The van der Waals surface area contributed by atoms with E-state index in [-0.39, 0.29) is 17.9 Å². The highest BCUT2D eigenvalue weighted by atomic mass is 16.2. The van der Waals surface area contributed by atoms with Gasteiger partial charge < -0.3 is 10.2 Å². The lowest BCUT2D eigenvalue weighted by atomic mass is 10.0. The van der Waals surface area contributed by atoms with E-state index < -0.39 is 0 Å². The molecule has 0 bridgehead atoms. The summed E-state index contributed by atoms with van der Waals surface area (Å²) < 4.78 is 2.04. The van der Waals surface area contributed by atoms with Crippen LogP contribution in [0.25, 0.3) is 10.9 Å². The number of nitrogens with zero attached hydrogens (tertiary/aromatic N) is 4. The first-order valence-electron chi connectivity index (χ1n) is 11.7. The van der Waals surface area contributed by atoms with Crippen LogP contribution in [0.1, 0.15) is 60.5 Å². The molecule has 1 saturated carbocycles. The first-order valence-corrected chi connectivity index (χ1v) is 11.7. The predicted octanol–water partition coefficient (Wildman–Crippen LogP) is 4.51. The molecule has 0 unspecified atom stereocenters. The Morgan fingerprint density at radius 1 is 1.03 bits per heavy atom. The molecule has 2 heterocycles. The number of rotatable bonds is 4. The molecular formula is C26H27N5O2. The van der Waals surface area contributed by atoms with Gasteiger partial charge in [-0.1, -0.05) is 18.9 Å². The molecule has 2 amide bonds. The van der Waals surface area contributed by atoms with Gasteiger partial charge >= 0.3 is 0 Å². The van der Waals surface area contributed by atoms with Crippen LogP contribution in [-0.4, -0.2) is 39.6 Å². The van der Waals surface area contributed by atoms with Gasteiger partial charge in [0.1, 0.15) is 0 Å². The molecule has 7 heteroatoms. The largest absolute Gasteiger partial charge is 0.342 e. The van der Waals surface area contributed by atoms with Crippen LogP contribution in [0.3, 0.4) is 0 Å². The van der Waals surface area contributed by atoms with Gasteiger partial charge in [-0.05, 0) is 62.1 Å². The van der Waals surface area contributed by atoms with Gasteiger partial charge in [0.25, 0.3) is 5.91 Å². The van der Waals surface area contributed by atoms with E-state index in [0.29, 0.717) is 22.7 Å². The average Bonchev–Trinajstić information content (AvgIpc) is 3.54. The van der Waals surface area contributed by atoms with Crippen molar-refractivity contribution in [1.82, 2.24) is 14.7 Å². The van der Waals surface area contributed by atoms with Crippen molar-refractivity contribution in [1.29, 1.82) is 5.26 Å². The lowest BCUT2D eigenvalue weighted by Crippen LogP contribution is -2.41. The van der Waals surface area contributed by atoms with Gasteiger partial charge in [0.05, 0.1) is 29.4 Å². The van der Waals surface area contributed by atoms with Crippen LogP contribution in [0.4, 0.5) is 5.69 Å². The lowest BCUT2D eigenvalue weighted by molar-refractivity contribution is -0.136. The first-order chi connectivity index (χ1) is 16.1. The molecule has 2 fully saturated rings. The van der Waals surface area contributed by atoms with Gasteiger partial charge in [0.2, 0.25) is 5.91 Å². The average molecular weight is 442 g/mol. The van der Waals surface area contributed by atoms with E-state index in [0.717, 1.165) is 49.7 Å². The molecule has 1 saturated heterocycles. The van der Waals surface area contributed by atoms with E-state index in [9.17, 15) is 9.59 Å². The minimum atomic E-state index is -0.253. The molecule has 2 aromatic carbocycles. The highest BCUT2D eigenvalue weighted by Gasteiger charge is 2.31. The summed E-state index contributed by atoms with van der Waals surface area (Å²) in [6.07, 6.45) is 8.05. The fraction of sp³-hybridized carbons (Fsp3) is 0.385. The molecule has 5 rings (SSSR count). The highest BCUT2D eigenvalue weighted by Crippen LogP contribution is 2.31. The van der Waals surface area contributed by atoms with Crippen molar-refractivity contribution < 1.29 is 9.59 Å². The highest BCUT2D eigenvalue weighted by molar-refractivity contribution is 6.05.